The number of rotatable bonds is 10. The topological polar surface area (TPSA) is 151 Å². The summed E-state index contributed by atoms with van der Waals surface area (Å²) in [6.07, 6.45) is 1.05. The first-order valence-electron chi connectivity index (χ1n) is 14.4. The number of ether oxygens (including phenoxy) is 1. The van der Waals surface area contributed by atoms with Gasteiger partial charge in [-0.1, -0.05) is 12.1 Å². The van der Waals surface area contributed by atoms with E-state index in [1.54, 1.807) is 57.1 Å². The predicted octanol–water partition coefficient (Wildman–Crippen LogP) is 4.73. The lowest BCUT2D eigenvalue weighted by Crippen LogP contribution is -2.38. The number of nitrogens with zero attached hydrogens (tertiary/aromatic N) is 2. The largest absolute Gasteiger partial charge is 0.494 e. The number of nitrogens with one attached hydrogen (secondary N) is 2. The average Bonchev–Trinajstić information content (AvgIpc) is 3.50. The second kappa shape index (κ2) is 13.6. The van der Waals surface area contributed by atoms with E-state index in [-0.39, 0.29) is 16.2 Å². The molecule has 4 N–H and O–H groups in total. The standard InChI is InChI=1S/C32H38FN5O6S/c1-19(2)45(42,43)28-14-12-23(36-32(41)37(3)4)18-24(28)26-10-7-15-38(26)31(40)29(20-11-13-25(33)27(17-20)44-5)35-22-9-6-8-21(16-22)30(34)39/h6,8-9,11-14,16-19,26,29,35H,7,10,15H2,1-5H3,(H2,34,39)(H,36,41)/t26-,29+/m1/s1. The predicted molar refractivity (Wildman–Crippen MR) is 169 cm³/mol. The number of benzene rings is 3. The molecular weight excluding hydrogens is 601 g/mol. The zero-order chi connectivity index (χ0) is 33.1. The molecule has 2 atom stereocenters. The van der Waals surface area contributed by atoms with Crippen molar-refractivity contribution in [1.29, 1.82) is 0 Å². The quantitative estimate of drug-likeness (QED) is 0.290. The van der Waals surface area contributed by atoms with Gasteiger partial charge in [0.05, 0.1) is 23.3 Å². The molecule has 3 aromatic carbocycles. The number of likely N-dealkylation sites (tertiary alicyclic amines) is 1. The van der Waals surface area contributed by atoms with Crippen LogP contribution in [0.3, 0.4) is 0 Å². The molecule has 4 rings (SSSR count). The Hall–Kier alpha value is -4.65. The van der Waals surface area contributed by atoms with E-state index in [0.29, 0.717) is 41.9 Å². The summed E-state index contributed by atoms with van der Waals surface area (Å²) in [5, 5.41) is 5.19. The molecule has 0 aliphatic carbocycles. The highest BCUT2D eigenvalue weighted by atomic mass is 32.2. The lowest BCUT2D eigenvalue weighted by molar-refractivity contribution is -0.133. The van der Waals surface area contributed by atoms with Gasteiger partial charge >= 0.3 is 6.03 Å². The number of halogens is 1. The Bertz CT molecular complexity index is 1710. The molecule has 3 aromatic rings. The molecule has 1 aliphatic rings. The van der Waals surface area contributed by atoms with Crippen molar-refractivity contribution < 1.29 is 31.9 Å². The van der Waals surface area contributed by atoms with Gasteiger partial charge in [0.2, 0.25) is 11.8 Å². The van der Waals surface area contributed by atoms with E-state index in [9.17, 15) is 27.2 Å². The van der Waals surface area contributed by atoms with Gasteiger partial charge < -0.3 is 30.9 Å². The molecular formula is C32H38FN5O6S. The van der Waals surface area contributed by atoms with Crippen LogP contribution in [-0.4, -0.2) is 69.1 Å². The SMILES string of the molecule is COc1cc([C@H](Nc2cccc(C(N)=O)c2)C(=O)N2CCC[C@@H]2c2cc(NC(=O)N(C)C)ccc2S(=O)(=O)C(C)C)ccc1F. The van der Waals surface area contributed by atoms with Crippen molar-refractivity contribution in [3.8, 4) is 5.75 Å². The minimum absolute atomic E-state index is 0.0643. The van der Waals surface area contributed by atoms with Crippen LogP contribution in [0.4, 0.5) is 20.6 Å². The molecule has 0 aromatic heterocycles. The first kappa shape index (κ1) is 33.2. The van der Waals surface area contributed by atoms with Crippen LogP contribution < -0.4 is 21.1 Å². The Balaban J connectivity index is 1.82. The number of urea groups is 1. The summed E-state index contributed by atoms with van der Waals surface area (Å²) in [5.41, 5.74) is 7.27. The van der Waals surface area contributed by atoms with Gasteiger partial charge in [0, 0.05) is 37.6 Å². The monoisotopic (exact) mass is 639 g/mol. The van der Waals surface area contributed by atoms with Crippen LogP contribution in [0.25, 0.3) is 0 Å². The van der Waals surface area contributed by atoms with Crippen molar-refractivity contribution in [3.05, 3.63) is 83.2 Å². The fourth-order valence-electron chi connectivity index (χ4n) is 5.23. The summed E-state index contributed by atoms with van der Waals surface area (Å²) in [6.45, 7) is 3.48. The zero-order valence-electron chi connectivity index (χ0n) is 25.8. The Labute approximate surface area is 262 Å². The number of hydrogen-bond acceptors (Lipinski definition) is 7. The third kappa shape index (κ3) is 7.19. The molecule has 11 nitrogen and oxygen atoms in total. The van der Waals surface area contributed by atoms with Gasteiger partial charge in [-0.2, -0.15) is 0 Å². The van der Waals surface area contributed by atoms with E-state index >= 15 is 0 Å². The van der Waals surface area contributed by atoms with Crippen molar-refractivity contribution >= 4 is 39.1 Å². The molecule has 1 aliphatic heterocycles. The minimum Gasteiger partial charge on any atom is -0.494 e. The van der Waals surface area contributed by atoms with E-state index in [0.717, 1.165) is 0 Å². The van der Waals surface area contributed by atoms with E-state index in [2.05, 4.69) is 10.6 Å². The first-order chi connectivity index (χ1) is 21.2. The Morgan fingerprint density at radius 2 is 1.78 bits per heavy atom. The smallest absolute Gasteiger partial charge is 0.321 e. The number of carbonyl (C=O) groups excluding carboxylic acids is 3. The second-order valence-corrected chi connectivity index (χ2v) is 13.7. The van der Waals surface area contributed by atoms with E-state index in [4.69, 9.17) is 10.5 Å². The molecule has 0 radical (unpaired) electrons. The van der Waals surface area contributed by atoms with Crippen molar-refractivity contribution in [2.45, 2.75) is 48.9 Å². The fraction of sp³-hybridized carbons (Fsp3) is 0.344. The Morgan fingerprint density at radius 3 is 2.42 bits per heavy atom. The number of hydrogen-bond donors (Lipinski definition) is 3. The molecule has 1 fully saturated rings. The molecule has 13 heteroatoms. The van der Waals surface area contributed by atoms with Crippen molar-refractivity contribution in [2.24, 2.45) is 5.73 Å². The van der Waals surface area contributed by atoms with Gasteiger partial charge in [-0.3, -0.25) is 9.59 Å². The highest BCUT2D eigenvalue weighted by molar-refractivity contribution is 7.92. The lowest BCUT2D eigenvalue weighted by atomic mass is 10.0. The lowest BCUT2D eigenvalue weighted by Gasteiger charge is -2.32. The number of nitrogens with two attached hydrogens (primary N) is 1. The molecule has 0 spiro atoms. The van der Waals surface area contributed by atoms with Crippen molar-refractivity contribution in [2.75, 3.05) is 38.4 Å². The van der Waals surface area contributed by atoms with Gasteiger partial charge in [0.15, 0.2) is 21.4 Å². The second-order valence-electron chi connectivity index (χ2n) is 11.3. The average molecular weight is 640 g/mol. The highest BCUT2D eigenvalue weighted by Crippen LogP contribution is 2.40. The van der Waals surface area contributed by atoms with Crippen LogP contribution >= 0.6 is 0 Å². The summed E-state index contributed by atoms with van der Waals surface area (Å²) in [6, 6.07) is 12.9. The Kier molecular flexibility index (Phi) is 10.0. The molecule has 1 heterocycles. The van der Waals surface area contributed by atoms with E-state index < -0.39 is 50.8 Å². The maximum atomic E-state index is 14.5. The number of amides is 4. The van der Waals surface area contributed by atoms with Crippen LogP contribution in [0.2, 0.25) is 0 Å². The third-order valence-electron chi connectivity index (χ3n) is 7.70. The number of primary amides is 1. The van der Waals surface area contributed by atoms with Crippen molar-refractivity contribution in [3.63, 3.8) is 0 Å². The van der Waals surface area contributed by atoms with E-state index in [1.165, 1.54) is 48.4 Å². The summed E-state index contributed by atoms with van der Waals surface area (Å²) < 4.78 is 46.6. The van der Waals surface area contributed by atoms with Gasteiger partial charge in [0.1, 0.15) is 6.04 Å². The number of carbonyl (C=O) groups is 3. The molecule has 45 heavy (non-hydrogen) atoms. The minimum atomic E-state index is -3.78. The zero-order valence-corrected chi connectivity index (χ0v) is 26.7. The molecule has 0 bridgehead atoms. The summed E-state index contributed by atoms with van der Waals surface area (Å²) in [4.78, 5) is 41.8. The summed E-state index contributed by atoms with van der Waals surface area (Å²) >= 11 is 0. The van der Waals surface area contributed by atoms with Crippen molar-refractivity contribution in [1.82, 2.24) is 9.80 Å². The van der Waals surface area contributed by atoms with Crippen LogP contribution in [0, 0.1) is 5.82 Å². The van der Waals surface area contributed by atoms with Gasteiger partial charge in [-0.25, -0.2) is 17.6 Å². The summed E-state index contributed by atoms with van der Waals surface area (Å²) in [7, 11) is 0.706. The molecule has 0 unspecified atom stereocenters. The maximum absolute atomic E-state index is 14.5. The first-order valence-corrected chi connectivity index (χ1v) is 16.0. The summed E-state index contributed by atoms with van der Waals surface area (Å²) in [5.74, 6) is -1.73. The van der Waals surface area contributed by atoms with Crippen LogP contribution in [0.1, 0.15) is 60.3 Å². The van der Waals surface area contributed by atoms with Gasteiger partial charge in [-0.05, 0) is 86.3 Å². The number of anilines is 2. The van der Waals surface area contributed by atoms with Crippen LogP contribution in [-0.2, 0) is 14.6 Å². The maximum Gasteiger partial charge on any atom is 0.321 e. The van der Waals surface area contributed by atoms with Gasteiger partial charge in [-0.15, -0.1) is 0 Å². The van der Waals surface area contributed by atoms with Crippen LogP contribution in [0.5, 0.6) is 5.75 Å². The van der Waals surface area contributed by atoms with Gasteiger partial charge in [0.25, 0.3) is 0 Å². The Morgan fingerprint density at radius 1 is 1.04 bits per heavy atom. The normalized spacial score (nSPS) is 15.4. The van der Waals surface area contributed by atoms with E-state index in [1.807, 2.05) is 0 Å². The van der Waals surface area contributed by atoms with Crippen LogP contribution in [0.15, 0.2) is 65.6 Å². The molecule has 1 saturated heterocycles. The number of sulfone groups is 1. The molecule has 240 valence electrons. The highest BCUT2D eigenvalue weighted by Gasteiger charge is 2.38. The number of methoxy groups -OCH3 is 1. The molecule has 4 amide bonds. The molecule has 0 saturated carbocycles. The fourth-order valence-corrected chi connectivity index (χ4v) is 6.52. The third-order valence-corrected chi connectivity index (χ3v) is 9.93.